The number of piperidine rings is 1. The maximum atomic E-state index is 12.1. The van der Waals surface area contributed by atoms with Crippen LogP contribution in [0.5, 0.6) is 11.5 Å². The zero-order valence-corrected chi connectivity index (χ0v) is 12.3. The minimum absolute atomic E-state index is 0.0314. The Kier molecular flexibility index (Phi) is 2.77. The molecule has 22 heavy (non-hydrogen) atoms. The summed E-state index contributed by atoms with van der Waals surface area (Å²) in [6.45, 7) is 0.623. The van der Waals surface area contributed by atoms with Crippen LogP contribution < -0.4 is 0 Å². The number of likely N-dealkylation sites (tertiary alicyclic amines) is 1. The maximum absolute atomic E-state index is 12.1. The van der Waals surface area contributed by atoms with Crippen molar-refractivity contribution in [3.8, 4) is 11.5 Å². The molecule has 1 heterocycles. The van der Waals surface area contributed by atoms with Crippen LogP contribution in [0.3, 0.4) is 0 Å². The van der Waals surface area contributed by atoms with E-state index in [1.807, 2.05) is 4.90 Å². The predicted molar refractivity (Wildman–Crippen MR) is 78.7 cm³/mol. The van der Waals surface area contributed by atoms with Gasteiger partial charge in [-0.1, -0.05) is 0 Å². The Morgan fingerprint density at radius 3 is 2.91 bits per heavy atom. The molecule has 2 bridgehead atoms. The Hall–Kier alpha value is -2.04. The number of rotatable bonds is 1. The van der Waals surface area contributed by atoms with Crippen LogP contribution in [-0.4, -0.2) is 39.9 Å². The third kappa shape index (κ3) is 1.65. The summed E-state index contributed by atoms with van der Waals surface area (Å²) in [5.74, 6) is 0.568. The van der Waals surface area contributed by atoms with Crippen LogP contribution in [0.2, 0.25) is 0 Å². The first-order valence-corrected chi connectivity index (χ1v) is 7.83. The van der Waals surface area contributed by atoms with Crippen LogP contribution in [-0.2, 0) is 21.4 Å². The highest BCUT2D eigenvalue weighted by Gasteiger charge is 2.56. The molecule has 0 radical (unpaired) electrons. The van der Waals surface area contributed by atoms with Crippen LogP contribution in [0, 0.1) is 5.92 Å². The van der Waals surface area contributed by atoms with Gasteiger partial charge in [-0.15, -0.1) is 0 Å². The van der Waals surface area contributed by atoms with Crippen molar-refractivity contribution < 1.29 is 19.8 Å². The van der Waals surface area contributed by atoms with Crippen molar-refractivity contribution in [2.45, 2.75) is 43.6 Å². The minimum Gasteiger partial charge on any atom is -0.508 e. The lowest BCUT2D eigenvalue weighted by atomic mass is 9.52. The average Bonchev–Trinajstić information content (AvgIpc) is 2.45. The third-order valence-electron chi connectivity index (χ3n) is 5.91. The fourth-order valence-electron chi connectivity index (χ4n) is 5.14. The summed E-state index contributed by atoms with van der Waals surface area (Å²) < 4.78 is 0. The van der Waals surface area contributed by atoms with Crippen molar-refractivity contribution in [1.29, 1.82) is 0 Å². The first-order chi connectivity index (χ1) is 10.5. The van der Waals surface area contributed by atoms with Gasteiger partial charge < -0.3 is 15.1 Å². The fraction of sp³-hybridized carbons (Fsp3) is 0.529. The molecule has 5 heteroatoms. The molecule has 3 aliphatic rings. The van der Waals surface area contributed by atoms with E-state index in [0.717, 1.165) is 24.0 Å². The van der Waals surface area contributed by atoms with Gasteiger partial charge in [0.05, 0.1) is 0 Å². The van der Waals surface area contributed by atoms with Crippen LogP contribution in [0.4, 0.5) is 0 Å². The van der Waals surface area contributed by atoms with Gasteiger partial charge in [0.25, 0.3) is 0 Å². The molecule has 2 N–H and O–H groups in total. The zero-order chi connectivity index (χ0) is 15.5. The van der Waals surface area contributed by atoms with Gasteiger partial charge in [0.2, 0.25) is 6.41 Å². The first-order valence-electron chi connectivity index (χ1n) is 7.83. The number of benzene rings is 1. The summed E-state index contributed by atoms with van der Waals surface area (Å²) in [6, 6.07) is 3.11. The Balaban J connectivity index is 1.94. The number of phenolic OH excluding ortho intramolecular Hbond substituents is 2. The lowest BCUT2D eigenvalue weighted by Crippen LogP contribution is -2.61. The Labute approximate surface area is 128 Å². The van der Waals surface area contributed by atoms with E-state index in [2.05, 4.69) is 0 Å². The predicted octanol–water partition coefficient (Wildman–Crippen LogP) is 1.49. The van der Waals surface area contributed by atoms with Gasteiger partial charge in [0.15, 0.2) is 0 Å². The highest BCUT2D eigenvalue weighted by Crippen LogP contribution is 2.57. The molecule has 2 fully saturated rings. The average molecular weight is 301 g/mol. The second-order valence-electron chi connectivity index (χ2n) is 6.88. The molecule has 1 saturated heterocycles. The Bertz CT molecular complexity index is 671. The second kappa shape index (κ2) is 4.48. The standard InChI is InChI=1S/C17H19NO4/c19-9-18-4-3-17-8-11(20)1-2-13(17)14(18)6-10-5-12(21)7-15(22)16(10)17/h5,7,9,13-14,21-22H,1-4,6,8H2/t13-,14+,17-/m0/s1. The number of amides is 1. The van der Waals surface area contributed by atoms with Crippen molar-refractivity contribution in [2.75, 3.05) is 6.54 Å². The molecule has 1 aliphatic heterocycles. The molecule has 0 aromatic heterocycles. The van der Waals surface area contributed by atoms with E-state index in [1.165, 1.54) is 6.07 Å². The van der Waals surface area contributed by atoms with Crippen LogP contribution >= 0.6 is 0 Å². The van der Waals surface area contributed by atoms with E-state index in [0.29, 0.717) is 32.2 Å². The molecule has 1 aromatic rings. The van der Waals surface area contributed by atoms with Gasteiger partial charge in [-0.3, -0.25) is 9.59 Å². The summed E-state index contributed by atoms with van der Waals surface area (Å²) >= 11 is 0. The molecule has 2 aliphatic carbocycles. The molecule has 0 spiro atoms. The van der Waals surface area contributed by atoms with Crippen molar-refractivity contribution in [1.82, 2.24) is 4.90 Å². The molecule has 1 amide bonds. The maximum Gasteiger partial charge on any atom is 0.209 e. The number of Topliss-reactive ketones (excluding diaryl/α,β-unsaturated/α-hetero) is 1. The van der Waals surface area contributed by atoms with E-state index >= 15 is 0 Å². The topological polar surface area (TPSA) is 77.8 Å². The molecule has 116 valence electrons. The molecule has 4 rings (SSSR count). The van der Waals surface area contributed by atoms with E-state index < -0.39 is 0 Å². The molecule has 1 saturated carbocycles. The zero-order valence-electron chi connectivity index (χ0n) is 12.3. The number of nitrogens with zero attached hydrogens (tertiary/aromatic N) is 1. The number of hydrogen-bond donors (Lipinski definition) is 2. The number of ketones is 1. The molecular weight excluding hydrogens is 282 g/mol. The van der Waals surface area contributed by atoms with E-state index in [4.69, 9.17) is 0 Å². The molecular formula is C17H19NO4. The molecule has 0 unspecified atom stereocenters. The summed E-state index contributed by atoms with van der Waals surface area (Å²) in [4.78, 5) is 25.4. The minimum atomic E-state index is -0.370. The van der Waals surface area contributed by atoms with Crippen LogP contribution in [0.1, 0.15) is 36.8 Å². The first kappa shape index (κ1) is 13.6. The molecule has 3 atom stereocenters. The van der Waals surface area contributed by atoms with Crippen LogP contribution in [0.25, 0.3) is 0 Å². The number of carbonyl (C=O) groups excluding carboxylic acids is 2. The van der Waals surface area contributed by atoms with E-state index in [1.54, 1.807) is 6.07 Å². The van der Waals surface area contributed by atoms with Gasteiger partial charge in [0.1, 0.15) is 17.3 Å². The van der Waals surface area contributed by atoms with Gasteiger partial charge in [0, 0.05) is 42.5 Å². The van der Waals surface area contributed by atoms with Gasteiger partial charge in [-0.25, -0.2) is 0 Å². The summed E-state index contributed by atoms with van der Waals surface area (Å²) in [6.07, 6.45) is 4.00. The van der Waals surface area contributed by atoms with Crippen molar-refractivity contribution in [3.05, 3.63) is 23.3 Å². The normalized spacial score (nSPS) is 33.1. The second-order valence-corrected chi connectivity index (χ2v) is 6.88. The fourth-order valence-corrected chi connectivity index (χ4v) is 5.14. The molecule has 1 aromatic carbocycles. The van der Waals surface area contributed by atoms with Crippen molar-refractivity contribution >= 4 is 12.2 Å². The highest BCUT2D eigenvalue weighted by atomic mass is 16.3. The van der Waals surface area contributed by atoms with Gasteiger partial charge in [-0.2, -0.15) is 0 Å². The number of aromatic hydroxyl groups is 2. The third-order valence-corrected chi connectivity index (χ3v) is 5.91. The number of fused-ring (bicyclic) bond motifs is 1. The summed E-state index contributed by atoms with van der Waals surface area (Å²) in [5.41, 5.74) is 1.34. The van der Waals surface area contributed by atoms with E-state index in [-0.39, 0.29) is 34.7 Å². The van der Waals surface area contributed by atoms with E-state index in [9.17, 15) is 19.8 Å². The van der Waals surface area contributed by atoms with Crippen molar-refractivity contribution in [3.63, 3.8) is 0 Å². The lowest BCUT2D eigenvalue weighted by Gasteiger charge is -2.57. The Morgan fingerprint density at radius 1 is 1.32 bits per heavy atom. The van der Waals surface area contributed by atoms with Gasteiger partial charge in [-0.05, 0) is 36.8 Å². The van der Waals surface area contributed by atoms with Crippen LogP contribution in [0.15, 0.2) is 12.1 Å². The monoisotopic (exact) mass is 301 g/mol. The number of carbonyl (C=O) groups is 2. The Morgan fingerprint density at radius 2 is 2.14 bits per heavy atom. The van der Waals surface area contributed by atoms with Crippen molar-refractivity contribution in [2.24, 2.45) is 5.92 Å². The smallest absolute Gasteiger partial charge is 0.209 e. The molecule has 5 nitrogen and oxygen atoms in total. The number of hydrogen-bond acceptors (Lipinski definition) is 4. The summed E-state index contributed by atoms with van der Waals surface area (Å²) in [5, 5.41) is 20.2. The summed E-state index contributed by atoms with van der Waals surface area (Å²) in [7, 11) is 0. The van der Waals surface area contributed by atoms with Gasteiger partial charge >= 0.3 is 0 Å². The quantitative estimate of drug-likeness (QED) is 0.770. The SMILES string of the molecule is O=CN1CC[C@]23CC(=O)CC[C@H]2[C@H]1Cc1cc(O)cc(O)c13. The number of phenols is 2. The highest BCUT2D eigenvalue weighted by molar-refractivity contribution is 5.82. The lowest BCUT2D eigenvalue weighted by molar-refractivity contribution is -0.132. The largest absolute Gasteiger partial charge is 0.508 e.